The van der Waals surface area contributed by atoms with Gasteiger partial charge in [0.1, 0.15) is 6.54 Å². The predicted molar refractivity (Wildman–Crippen MR) is 114 cm³/mol. The summed E-state index contributed by atoms with van der Waals surface area (Å²) < 4.78 is 0. The molecular formula is C24H38N4O2. The van der Waals surface area contributed by atoms with Crippen molar-refractivity contribution in [2.45, 2.75) is 90.3 Å². The highest BCUT2D eigenvalue weighted by Gasteiger charge is 2.58. The van der Waals surface area contributed by atoms with E-state index in [-0.39, 0.29) is 17.9 Å². The maximum absolute atomic E-state index is 13.3. The van der Waals surface area contributed by atoms with Crippen molar-refractivity contribution in [2.24, 2.45) is 46.7 Å². The topological polar surface area (TPSA) is 94.0 Å². The summed E-state index contributed by atoms with van der Waals surface area (Å²) in [7, 11) is 0. The lowest BCUT2D eigenvalue weighted by atomic mass is 9.49. The quantitative estimate of drug-likeness (QED) is 0.788. The Hall–Kier alpha value is -1.27. The van der Waals surface area contributed by atoms with Crippen LogP contribution in [-0.4, -0.2) is 31.5 Å². The SMILES string of the molecule is C[C@@]1(O)CC[C@H]2[C@H](CC[C@@H]3[C@@H]2CC[C@]2(C)[C@@H](C(=O)Cn4ncc(CN)n4)CC[C@@H]32)C1. The van der Waals surface area contributed by atoms with Gasteiger partial charge in [-0.1, -0.05) is 6.92 Å². The van der Waals surface area contributed by atoms with Crippen molar-refractivity contribution in [1.29, 1.82) is 0 Å². The third-order valence-electron chi connectivity index (χ3n) is 9.72. The number of aliphatic hydroxyl groups is 1. The van der Waals surface area contributed by atoms with Crippen molar-refractivity contribution < 1.29 is 9.90 Å². The molecule has 5 rings (SSSR count). The molecule has 0 saturated heterocycles. The number of nitrogens with two attached hydrogens (primary N) is 1. The summed E-state index contributed by atoms with van der Waals surface area (Å²) in [6.07, 6.45) is 12.0. The molecule has 166 valence electrons. The first kappa shape index (κ1) is 20.6. The van der Waals surface area contributed by atoms with E-state index in [0.717, 1.165) is 42.7 Å². The van der Waals surface area contributed by atoms with Crippen molar-refractivity contribution in [1.82, 2.24) is 15.0 Å². The Morgan fingerprint density at radius 2 is 1.93 bits per heavy atom. The fourth-order valence-electron chi connectivity index (χ4n) is 8.36. The molecule has 0 aromatic carbocycles. The molecule has 0 unspecified atom stereocenters. The molecule has 1 aromatic rings. The summed E-state index contributed by atoms with van der Waals surface area (Å²) in [4.78, 5) is 14.8. The zero-order valence-corrected chi connectivity index (χ0v) is 18.6. The van der Waals surface area contributed by atoms with E-state index in [1.54, 1.807) is 6.20 Å². The van der Waals surface area contributed by atoms with E-state index in [0.29, 0.717) is 24.2 Å². The molecule has 4 saturated carbocycles. The Morgan fingerprint density at radius 3 is 2.70 bits per heavy atom. The summed E-state index contributed by atoms with van der Waals surface area (Å²) in [5, 5.41) is 19.1. The van der Waals surface area contributed by atoms with Crippen molar-refractivity contribution in [3.8, 4) is 0 Å². The molecule has 6 nitrogen and oxygen atoms in total. The highest BCUT2D eigenvalue weighted by molar-refractivity contribution is 5.82. The van der Waals surface area contributed by atoms with Gasteiger partial charge in [-0.2, -0.15) is 15.0 Å². The molecule has 30 heavy (non-hydrogen) atoms. The van der Waals surface area contributed by atoms with Crippen LogP contribution in [0.25, 0.3) is 0 Å². The fraction of sp³-hybridized carbons (Fsp3) is 0.875. The Morgan fingerprint density at radius 1 is 1.13 bits per heavy atom. The maximum atomic E-state index is 13.3. The van der Waals surface area contributed by atoms with Gasteiger partial charge in [-0.05, 0) is 99.7 Å². The zero-order chi connectivity index (χ0) is 21.1. The van der Waals surface area contributed by atoms with E-state index in [4.69, 9.17) is 5.73 Å². The van der Waals surface area contributed by atoms with Gasteiger partial charge in [0.2, 0.25) is 0 Å². The minimum Gasteiger partial charge on any atom is -0.390 e. The minimum atomic E-state index is -0.452. The average Bonchev–Trinajstić information content (AvgIpc) is 3.30. The second kappa shape index (κ2) is 7.40. The summed E-state index contributed by atoms with van der Waals surface area (Å²) in [6.45, 7) is 5.08. The van der Waals surface area contributed by atoms with Gasteiger partial charge in [0.15, 0.2) is 5.78 Å². The Labute approximate surface area is 180 Å². The zero-order valence-electron chi connectivity index (χ0n) is 18.6. The molecule has 0 bridgehead atoms. The molecule has 0 aliphatic heterocycles. The molecule has 4 fully saturated rings. The van der Waals surface area contributed by atoms with E-state index in [1.807, 2.05) is 6.92 Å². The van der Waals surface area contributed by atoms with Crippen LogP contribution in [0.5, 0.6) is 0 Å². The molecular weight excluding hydrogens is 376 g/mol. The molecule has 0 amide bonds. The van der Waals surface area contributed by atoms with Crippen LogP contribution < -0.4 is 5.73 Å². The van der Waals surface area contributed by atoms with Crippen LogP contribution in [-0.2, 0) is 17.9 Å². The van der Waals surface area contributed by atoms with Crippen LogP contribution in [0.1, 0.15) is 77.3 Å². The third-order valence-corrected chi connectivity index (χ3v) is 9.72. The van der Waals surface area contributed by atoms with Crippen LogP contribution in [0.3, 0.4) is 0 Å². The van der Waals surface area contributed by atoms with Gasteiger partial charge in [-0.3, -0.25) is 4.79 Å². The lowest BCUT2D eigenvalue weighted by molar-refractivity contribution is -0.133. The third kappa shape index (κ3) is 3.35. The van der Waals surface area contributed by atoms with Crippen LogP contribution in [0.4, 0.5) is 0 Å². The summed E-state index contributed by atoms with van der Waals surface area (Å²) >= 11 is 0. The molecule has 8 atom stereocenters. The first-order chi connectivity index (χ1) is 14.3. The van der Waals surface area contributed by atoms with Gasteiger partial charge in [-0.15, -0.1) is 0 Å². The van der Waals surface area contributed by atoms with E-state index in [1.165, 1.54) is 43.3 Å². The van der Waals surface area contributed by atoms with Crippen molar-refractivity contribution in [3.05, 3.63) is 11.9 Å². The lowest BCUT2D eigenvalue weighted by Gasteiger charge is -2.56. The van der Waals surface area contributed by atoms with Crippen molar-refractivity contribution in [2.75, 3.05) is 0 Å². The normalized spacial score (nSPS) is 45.5. The molecule has 1 heterocycles. The van der Waals surface area contributed by atoms with E-state index in [9.17, 15) is 9.90 Å². The number of nitrogens with zero attached hydrogens (tertiary/aromatic N) is 3. The van der Waals surface area contributed by atoms with Crippen LogP contribution in [0, 0.1) is 40.9 Å². The number of hydrogen-bond donors (Lipinski definition) is 2. The number of Topliss-reactive ketones (excluding diaryl/α,β-unsaturated/α-hetero) is 1. The van der Waals surface area contributed by atoms with Crippen LogP contribution >= 0.6 is 0 Å². The number of hydrogen-bond acceptors (Lipinski definition) is 5. The highest BCUT2D eigenvalue weighted by Crippen LogP contribution is 2.64. The summed E-state index contributed by atoms with van der Waals surface area (Å²) in [5.74, 6) is 4.22. The molecule has 6 heteroatoms. The minimum absolute atomic E-state index is 0.134. The number of fused-ring (bicyclic) bond motifs is 5. The van der Waals surface area contributed by atoms with Gasteiger partial charge in [-0.25, -0.2) is 0 Å². The lowest BCUT2D eigenvalue weighted by Crippen LogP contribution is -2.51. The van der Waals surface area contributed by atoms with Gasteiger partial charge >= 0.3 is 0 Å². The van der Waals surface area contributed by atoms with Gasteiger partial charge in [0.25, 0.3) is 0 Å². The maximum Gasteiger partial charge on any atom is 0.159 e. The molecule has 1 aromatic heterocycles. The molecule has 0 spiro atoms. The number of aromatic nitrogens is 3. The molecule has 3 N–H and O–H groups in total. The van der Waals surface area contributed by atoms with Crippen molar-refractivity contribution in [3.63, 3.8) is 0 Å². The number of rotatable bonds is 4. The van der Waals surface area contributed by atoms with Crippen LogP contribution in [0.2, 0.25) is 0 Å². The Kier molecular flexibility index (Phi) is 5.09. The molecule has 4 aliphatic rings. The Bertz CT molecular complexity index is 805. The van der Waals surface area contributed by atoms with E-state index in [2.05, 4.69) is 17.1 Å². The largest absolute Gasteiger partial charge is 0.390 e. The molecule has 0 radical (unpaired) electrons. The van der Waals surface area contributed by atoms with E-state index >= 15 is 0 Å². The first-order valence-electron chi connectivity index (χ1n) is 12.1. The van der Waals surface area contributed by atoms with Gasteiger partial charge in [0, 0.05) is 12.5 Å². The second-order valence-electron chi connectivity index (χ2n) is 11.4. The average molecular weight is 415 g/mol. The standard InChI is InChI=1S/C24H38N4O2/c1-23(30)9-7-17-15(11-23)3-4-19-18(17)8-10-24(2)20(19)5-6-21(24)22(29)14-28-26-13-16(12-25)27-28/h13,15,17-21,30H,3-12,14,25H2,1-2H3/t15-,17+,18-,19-,20+,21-,23-,24+/m1/s1. The van der Waals surface area contributed by atoms with Crippen LogP contribution in [0.15, 0.2) is 6.20 Å². The number of carbonyl (C=O) groups is 1. The van der Waals surface area contributed by atoms with Gasteiger partial charge in [0.05, 0.1) is 17.5 Å². The smallest absolute Gasteiger partial charge is 0.159 e. The van der Waals surface area contributed by atoms with E-state index < -0.39 is 5.60 Å². The molecule has 4 aliphatic carbocycles. The predicted octanol–water partition coefficient (Wildman–Crippen LogP) is 3.33. The highest BCUT2D eigenvalue weighted by atomic mass is 16.3. The Balaban J connectivity index is 1.30. The van der Waals surface area contributed by atoms with Gasteiger partial charge < -0.3 is 10.8 Å². The summed E-state index contributed by atoms with van der Waals surface area (Å²) in [6, 6.07) is 0. The number of carbonyl (C=O) groups excluding carboxylic acids is 1. The number of ketones is 1. The monoisotopic (exact) mass is 414 g/mol. The van der Waals surface area contributed by atoms with Crippen molar-refractivity contribution >= 4 is 5.78 Å². The fourth-order valence-corrected chi connectivity index (χ4v) is 8.36. The summed E-state index contributed by atoms with van der Waals surface area (Å²) in [5.41, 5.74) is 6.05. The first-order valence-corrected chi connectivity index (χ1v) is 12.1. The second-order valence-corrected chi connectivity index (χ2v) is 11.4.